The number of fused-ring (bicyclic) bond motifs is 1. The normalized spacial score (nSPS) is 11.2. The lowest BCUT2D eigenvalue weighted by molar-refractivity contribution is 0.0601. The lowest BCUT2D eigenvalue weighted by atomic mass is 10.0. The van der Waals surface area contributed by atoms with Crippen LogP contribution in [0.25, 0.3) is 22.3 Å². The van der Waals surface area contributed by atoms with Crippen molar-refractivity contribution in [3.63, 3.8) is 0 Å². The highest BCUT2D eigenvalue weighted by atomic mass is 79.9. The van der Waals surface area contributed by atoms with Crippen LogP contribution in [0.15, 0.2) is 47.1 Å². The van der Waals surface area contributed by atoms with Crippen LogP contribution >= 0.6 is 15.9 Å². The number of ether oxygens (including phenoxy) is 2. The van der Waals surface area contributed by atoms with E-state index in [1.807, 2.05) is 4.57 Å². The zero-order valence-electron chi connectivity index (χ0n) is 18.2. The molecule has 0 aliphatic rings. The van der Waals surface area contributed by atoms with E-state index < -0.39 is 23.4 Å². The van der Waals surface area contributed by atoms with Crippen LogP contribution in [0.2, 0.25) is 0 Å². The SMILES string of the molecule is COCCn1c(Cc2ccc(-c3nc(Br)c(F)cc3F)cc2F)nc2ccc(C(=O)OC)cc21. The molecule has 0 saturated carbocycles. The molecule has 0 bridgehead atoms. The van der Waals surface area contributed by atoms with Crippen molar-refractivity contribution in [2.45, 2.75) is 13.0 Å². The van der Waals surface area contributed by atoms with Crippen molar-refractivity contribution in [2.75, 3.05) is 20.8 Å². The summed E-state index contributed by atoms with van der Waals surface area (Å²) in [7, 11) is 2.87. The van der Waals surface area contributed by atoms with E-state index in [4.69, 9.17) is 9.47 Å². The molecule has 0 spiro atoms. The molecular weight excluding hydrogens is 515 g/mol. The Bertz CT molecular complexity index is 1390. The van der Waals surface area contributed by atoms with Gasteiger partial charge in [-0.25, -0.2) is 27.9 Å². The second kappa shape index (κ2) is 9.94. The zero-order valence-corrected chi connectivity index (χ0v) is 19.8. The van der Waals surface area contributed by atoms with Gasteiger partial charge in [0.05, 0.1) is 30.3 Å². The number of imidazole rings is 1. The van der Waals surface area contributed by atoms with Crippen LogP contribution < -0.4 is 0 Å². The monoisotopic (exact) mass is 533 g/mol. The van der Waals surface area contributed by atoms with E-state index in [1.165, 1.54) is 19.2 Å². The molecule has 0 N–H and O–H groups in total. The first-order valence-electron chi connectivity index (χ1n) is 10.2. The average molecular weight is 534 g/mol. The summed E-state index contributed by atoms with van der Waals surface area (Å²) in [5.41, 5.74) is 2.03. The van der Waals surface area contributed by atoms with Gasteiger partial charge < -0.3 is 14.0 Å². The van der Waals surface area contributed by atoms with Crippen LogP contribution in [0.4, 0.5) is 13.2 Å². The van der Waals surface area contributed by atoms with Crippen LogP contribution in [-0.4, -0.2) is 41.3 Å². The number of esters is 1. The molecule has 0 radical (unpaired) electrons. The van der Waals surface area contributed by atoms with Gasteiger partial charge in [0.1, 0.15) is 21.9 Å². The first-order chi connectivity index (χ1) is 16.3. The van der Waals surface area contributed by atoms with Crippen molar-refractivity contribution in [2.24, 2.45) is 0 Å². The molecule has 0 fully saturated rings. The van der Waals surface area contributed by atoms with Gasteiger partial charge in [0.25, 0.3) is 0 Å². The number of carbonyl (C=O) groups is 1. The van der Waals surface area contributed by atoms with E-state index in [0.29, 0.717) is 47.2 Å². The number of pyridine rings is 1. The van der Waals surface area contributed by atoms with Gasteiger partial charge in [0, 0.05) is 31.7 Å². The van der Waals surface area contributed by atoms with Gasteiger partial charge in [-0.3, -0.25) is 0 Å². The minimum absolute atomic E-state index is 0.140. The minimum Gasteiger partial charge on any atom is -0.465 e. The Hall–Kier alpha value is -3.24. The summed E-state index contributed by atoms with van der Waals surface area (Å²) in [6, 6.07) is 9.88. The van der Waals surface area contributed by atoms with Crippen LogP contribution in [0, 0.1) is 17.5 Å². The molecule has 0 unspecified atom stereocenters. The molecule has 0 aliphatic carbocycles. The number of methoxy groups -OCH3 is 2. The fourth-order valence-corrected chi connectivity index (χ4v) is 3.93. The summed E-state index contributed by atoms with van der Waals surface area (Å²) in [5.74, 6) is -2.23. The van der Waals surface area contributed by atoms with Crippen molar-refractivity contribution in [3.8, 4) is 11.3 Å². The third kappa shape index (κ3) is 4.69. The molecule has 34 heavy (non-hydrogen) atoms. The van der Waals surface area contributed by atoms with Crippen molar-refractivity contribution in [1.82, 2.24) is 14.5 Å². The van der Waals surface area contributed by atoms with E-state index in [0.717, 1.165) is 6.07 Å². The van der Waals surface area contributed by atoms with Gasteiger partial charge >= 0.3 is 5.97 Å². The molecule has 2 aromatic carbocycles. The van der Waals surface area contributed by atoms with Crippen molar-refractivity contribution in [3.05, 3.63) is 81.5 Å². The summed E-state index contributed by atoms with van der Waals surface area (Å²) in [6.45, 7) is 0.818. The third-order valence-electron chi connectivity index (χ3n) is 5.33. The Morgan fingerprint density at radius 3 is 2.50 bits per heavy atom. The standard InChI is InChI=1S/C24H19BrF3N3O3/c1-33-8-7-31-20-10-15(24(32)34-2)5-6-19(20)29-21(31)11-13-3-4-14(9-16(13)26)22-17(27)12-18(28)23(25)30-22/h3-6,9-10,12H,7-8,11H2,1-2H3. The van der Waals surface area contributed by atoms with Gasteiger partial charge in [0.15, 0.2) is 11.6 Å². The van der Waals surface area contributed by atoms with E-state index in [2.05, 4.69) is 25.9 Å². The second-order valence-corrected chi connectivity index (χ2v) is 8.19. The molecule has 4 aromatic rings. The molecule has 10 heteroatoms. The van der Waals surface area contributed by atoms with Crippen molar-refractivity contribution >= 4 is 32.9 Å². The molecule has 0 amide bonds. The summed E-state index contributed by atoms with van der Waals surface area (Å²) in [4.78, 5) is 20.4. The first kappa shape index (κ1) is 23.9. The van der Waals surface area contributed by atoms with Crippen LogP contribution in [0.3, 0.4) is 0 Å². The van der Waals surface area contributed by atoms with E-state index >= 15 is 4.39 Å². The molecule has 2 aromatic heterocycles. The highest BCUT2D eigenvalue weighted by Crippen LogP contribution is 2.28. The molecule has 2 heterocycles. The van der Waals surface area contributed by atoms with Crippen LogP contribution in [0.1, 0.15) is 21.7 Å². The average Bonchev–Trinajstić information content (AvgIpc) is 3.16. The lowest BCUT2D eigenvalue weighted by Crippen LogP contribution is -2.10. The largest absolute Gasteiger partial charge is 0.465 e. The third-order valence-corrected chi connectivity index (χ3v) is 5.89. The number of carbonyl (C=O) groups excluding carboxylic acids is 1. The smallest absolute Gasteiger partial charge is 0.337 e. The maximum absolute atomic E-state index is 15.0. The number of hydrogen-bond acceptors (Lipinski definition) is 5. The Morgan fingerprint density at radius 1 is 1.00 bits per heavy atom. The van der Waals surface area contributed by atoms with Gasteiger partial charge in [-0.2, -0.15) is 0 Å². The Balaban J connectivity index is 1.71. The fourth-order valence-electron chi connectivity index (χ4n) is 3.64. The van der Waals surface area contributed by atoms with Gasteiger partial charge in [-0.1, -0.05) is 12.1 Å². The molecule has 0 saturated heterocycles. The number of aromatic nitrogens is 3. The quantitative estimate of drug-likeness (QED) is 0.238. The summed E-state index contributed by atoms with van der Waals surface area (Å²) in [5, 5.41) is 0. The summed E-state index contributed by atoms with van der Waals surface area (Å²) in [6.07, 6.45) is 0.140. The van der Waals surface area contributed by atoms with Crippen LogP contribution in [0.5, 0.6) is 0 Å². The number of halogens is 4. The Morgan fingerprint density at radius 2 is 1.79 bits per heavy atom. The summed E-state index contributed by atoms with van der Waals surface area (Å²) >= 11 is 2.92. The molecule has 4 rings (SSSR count). The van der Waals surface area contributed by atoms with Gasteiger partial charge in [-0.15, -0.1) is 0 Å². The number of hydrogen-bond donors (Lipinski definition) is 0. The second-order valence-electron chi connectivity index (χ2n) is 7.44. The molecule has 6 nitrogen and oxygen atoms in total. The number of rotatable bonds is 7. The maximum atomic E-state index is 15.0. The predicted octanol–water partition coefficient (Wildman–Crippen LogP) is 5.30. The van der Waals surface area contributed by atoms with Gasteiger partial charge in [-0.05, 0) is 45.8 Å². The topological polar surface area (TPSA) is 66.2 Å². The Labute approximate surface area is 201 Å². The maximum Gasteiger partial charge on any atom is 0.337 e. The van der Waals surface area contributed by atoms with Crippen molar-refractivity contribution in [1.29, 1.82) is 0 Å². The van der Waals surface area contributed by atoms with E-state index in [-0.39, 0.29) is 22.3 Å². The van der Waals surface area contributed by atoms with E-state index in [9.17, 15) is 13.6 Å². The molecular formula is C24H19BrF3N3O3. The zero-order chi connectivity index (χ0) is 24.4. The highest BCUT2D eigenvalue weighted by Gasteiger charge is 2.18. The molecule has 0 atom stereocenters. The van der Waals surface area contributed by atoms with Crippen molar-refractivity contribution < 1.29 is 27.4 Å². The van der Waals surface area contributed by atoms with Crippen LogP contribution in [-0.2, 0) is 22.4 Å². The predicted molar refractivity (Wildman–Crippen MR) is 123 cm³/mol. The molecule has 0 aliphatic heterocycles. The number of benzene rings is 2. The van der Waals surface area contributed by atoms with Gasteiger partial charge in [0.2, 0.25) is 0 Å². The highest BCUT2D eigenvalue weighted by molar-refractivity contribution is 9.10. The number of nitrogens with zero attached hydrogens (tertiary/aromatic N) is 3. The fraction of sp³-hybridized carbons (Fsp3) is 0.208. The lowest BCUT2D eigenvalue weighted by Gasteiger charge is -2.11. The first-order valence-corrected chi connectivity index (χ1v) is 11.0. The Kier molecular flexibility index (Phi) is 6.99. The molecule has 176 valence electrons. The minimum atomic E-state index is -0.893. The summed E-state index contributed by atoms with van der Waals surface area (Å²) < 4.78 is 54.4. The van der Waals surface area contributed by atoms with E-state index in [1.54, 1.807) is 25.3 Å².